The van der Waals surface area contributed by atoms with Gasteiger partial charge in [0.1, 0.15) is 0 Å². The molecule has 0 bridgehead atoms. The molecular weight excluding hydrogens is 182 g/mol. The summed E-state index contributed by atoms with van der Waals surface area (Å²) >= 11 is 0. The molecule has 0 amide bonds. The van der Waals surface area contributed by atoms with Gasteiger partial charge in [-0.1, -0.05) is 38.1 Å². The van der Waals surface area contributed by atoms with Crippen LogP contribution in [0, 0.1) is 12.8 Å². The van der Waals surface area contributed by atoms with Crippen LogP contribution in [0.25, 0.3) is 0 Å². The van der Waals surface area contributed by atoms with E-state index in [-0.39, 0.29) is 18.4 Å². The van der Waals surface area contributed by atoms with Crippen molar-refractivity contribution in [3.63, 3.8) is 0 Å². The molecule has 0 saturated carbocycles. The second kappa shape index (κ2) is 5.25. The van der Waals surface area contributed by atoms with Crippen molar-refractivity contribution >= 4 is 12.4 Å². The Kier molecular flexibility index (Phi) is 5.04. The number of nitrogens with two attached hydrogens (primary N) is 1. The molecule has 0 saturated heterocycles. The molecule has 1 aromatic carbocycles. The monoisotopic (exact) mass is 199 g/mol. The second-order valence-electron chi connectivity index (χ2n) is 3.63. The molecule has 1 aromatic rings. The SMILES string of the molecule is Cc1ccccc1[C@@H](N)C(C)C.Cl. The fourth-order valence-electron chi connectivity index (χ4n) is 1.32. The highest BCUT2D eigenvalue weighted by molar-refractivity contribution is 5.85. The van der Waals surface area contributed by atoms with Crippen LogP contribution in [0.15, 0.2) is 24.3 Å². The zero-order chi connectivity index (χ0) is 9.14. The first-order valence-corrected chi connectivity index (χ1v) is 4.44. The van der Waals surface area contributed by atoms with Gasteiger partial charge in [-0.2, -0.15) is 0 Å². The molecule has 0 fully saturated rings. The van der Waals surface area contributed by atoms with Crippen molar-refractivity contribution in [2.75, 3.05) is 0 Å². The molecule has 2 N–H and O–H groups in total. The van der Waals surface area contributed by atoms with Crippen LogP contribution < -0.4 is 5.73 Å². The van der Waals surface area contributed by atoms with E-state index in [4.69, 9.17) is 5.73 Å². The number of halogens is 1. The number of aryl methyl sites for hydroxylation is 1. The maximum atomic E-state index is 6.04. The van der Waals surface area contributed by atoms with Gasteiger partial charge in [0.2, 0.25) is 0 Å². The van der Waals surface area contributed by atoms with Crippen LogP contribution in [-0.2, 0) is 0 Å². The highest BCUT2D eigenvalue weighted by Gasteiger charge is 2.11. The summed E-state index contributed by atoms with van der Waals surface area (Å²) in [5.41, 5.74) is 8.60. The molecule has 1 rings (SSSR count). The smallest absolute Gasteiger partial charge is 0.0320 e. The molecule has 0 radical (unpaired) electrons. The topological polar surface area (TPSA) is 26.0 Å². The molecule has 1 atom stereocenters. The van der Waals surface area contributed by atoms with E-state index >= 15 is 0 Å². The first-order valence-electron chi connectivity index (χ1n) is 4.44. The van der Waals surface area contributed by atoms with E-state index in [9.17, 15) is 0 Å². The third kappa shape index (κ3) is 3.02. The predicted octanol–water partition coefficient (Wildman–Crippen LogP) is 3.07. The Labute approximate surface area is 86.7 Å². The minimum absolute atomic E-state index is 0. The van der Waals surface area contributed by atoms with Crippen molar-refractivity contribution in [3.05, 3.63) is 35.4 Å². The van der Waals surface area contributed by atoms with Gasteiger partial charge in [0, 0.05) is 6.04 Å². The van der Waals surface area contributed by atoms with Crippen LogP contribution >= 0.6 is 12.4 Å². The van der Waals surface area contributed by atoms with Crippen molar-refractivity contribution in [3.8, 4) is 0 Å². The largest absolute Gasteiger partial charge is 0.324 e. The zero-order valence-corrected chi connectivity index (χ0v) is 9.27. The van der Waals surface area contributed by atoms with Crippen LogP contribution in [-0.4, -0.2) is 0 Å². The molecule has 0 aliphatic carbocycles. The summed E-state index contributed by atoms with van der Waals surface area (Å²) in [4.78, 5) is 0. The average molecular weight is 200 g/mol. The molecule has 0 aliphatic heterocycles. The van der Waals surface area contributed by atoms with E-state index in [0.717, 1.165) is 0 Å². The predicted molar refractivity (Wildman–Crippen MR) is 60.2 cm³/mol. The highest BCUT2D eigenvalue weighted by Crippen LogP contribution is 2.21. The number of hydrogen-bond acceptors (Lipinski definition) is 1. The molecular formula is C11H18ClN. The standard InChI is InChI=1S/C11H17N.ClH/c1-8(2)11(12)10-7-5-4-6-9(10)3;/h4-8,11H,12H2,1-3H3;1H/t11-;/m0./s1. The third-order valence-electron chi connectivity index (χ3n) is 2.27. The van der Waals surface area contributed by atoms with Crippen molar-refractivity contribution in [1.29, 1.82) is 0 Å². The molecule has 1 nitrogen and oxygen atoms in total. The Morgan fingerprint density at radius 3 is 2.15 bits per heavy atom. The van der Waals surface area contributed by atoms with Crippen LogP contribution in [0.5, 0.6) is 0 Å². The van der Waals surface area contributed by atoms with Gasteiger partial charge in [0.25, 0.3) is 0 Å². The lowest BCUT2D eigenvalue weighted by Crippen LogP contribution is -2.17. The second-order valence-corrected chi connectivity index (χ2v) is 3.63. The zero-order valence-electron chi connectivity index (χ0n) is 8.45. The summed E-state index contributed by atoms with van der Waals surface area (Å²) < 4.78 is 0. The van der Waals surface area contributed by atoms with E-state index in [1.807, 2.05) is 12.1 Å². The molecule has 74 valence electrons. The summed E-state index contributed by atoms with van der Waals surface area (Å²) in [6, 6.07) is 8.49. The lowest BCUT2D eigenvalue weighted by molar-refractivity contribution is 0.512. The maximum Gasteiger partial charge on any atom is 0.0320 e. The minimum Gasteiger partial charge on any atom is -0.324 e. The van der Waals surface area contributed by atoms with Crippen LogP contribution in [0.2, 0.25) is 0 Å². The molecule has 0 unspecified atom stereocenters. The third-order valence-corrected chi connectivity index (χ3v) is 2.27. The van der Waals surface area contributed by atoms with Crippen LogP contribution in [0.4, 0.5) is 0 Å². The van der Waals surface area contributed by atoms with Crippen molar-refractivity contribution in [2.24, 2.45) is 11.7 Å². The summed E-state index contributed by atoms with van der Waals surface area (Å²) in [5.74, 6) is 0.506. The lowest BCUT2D eigenvalue weighted by atomic mass is 9.94. The van der Waals surface area contributed by atoms with Gasteiger partial charge in [0.05, 0.1) is 0 Å². The van der Waals surface area contributed by atoms with Gasteiger partial charge in [-0.15, -0.1) is 12.4 Å². The van der Waals surface area contributed by atoms with Crippen molar-refractivity contribution < 1.29 is 0 Å². The first kappa shape index (κ1) is 12.5. The number of rotatable bonds is 2. The molecule has 0 heterocycles. The van der Waals surface area contributed by atoms with Gasteiger partial charge in [-0.05, 0) is 24.0 Å². The molecule has 13 heavy (non-hydrogen) atoms. The Hall–Kier alpha value is -0.530. The molecule has 0 spiro atoms. The van der Waals surface area contributed by atoms with E-state index in [2.05, 4.69) is 32.9 Å². The number of hydrogen-bond donors (Lipinski definition) is 1. The fraction of sp³-hybridized carbons (Fsp3) is 0.455. The summed E-state index contributed by atoms with van der Waals surface area (Å²) in [7, 11) is 0. The van der Waals surface area contributed by atoms with Gasteiger partial charge in [-0.25, -0.2) is 0 Å². The van der Waals surface area contributed by atoms with E-state index in [1.54, 1.807) is 0 Å². The lowest BCUT2D eigenvalue weighted by Gasteiger charge is -2.17. The van der Waals surface area contributed by atoms with Crippen LogP contribution in [0.3, 0.4) is 0 Å². The van der Waals surface area contributed by atoms with E-state index in [1.165, 1.54) is 11.1 Å². The van der Waals surface area contributed by atoms with Gasteiger partial charge >= 0.3 is 0 Å². The number of benzene rings is 1. The Morgan fingerprint density at radius 1 is 1.15 bits per heavy atom. The normalized spacial score (nSPS) is 12.4. The average Bonchev–Trinajstić information content (AvgIpc) is 2.04. The quantitative estimate of drug-likeness (QED) is 0.779. The van der Waals surface area contributed by atoms with Crippen LogP contribution in [0.1, 0.15) is 31.0 Å². The van der Waals surface area contributed by atoms with E-state index in [0.29, 0.717) is 5.92 Å². The Bertz CT molecular complexity index is 258. The van der Waals surface area contributed by atoms with Gasteiger partial charge in [0.15, 0.2) is 0 Å². The summed E-state index contributed by atoms with van der Waals surface area (Å²) in [6.07, 6.45) is 0. The summed E-state index contributed by atoms with van der Waals surface area (Å²) in [6.45, 7) is 6.41. The molecule has 2 heteroatoms. The van der Waals surface area contributed by atoms with Crippen molar-refractivity contribution in [1.82, 2.24) is 0 Å². The summed E-state index contributed by atoms with van der Waals surface area (Å²) in [5, 5.41) is 0. The first-order chi connectivity index (χ1) is 5.63. The van der Waals surface area contributed by atoms with E-state index < -0.39 is 0 Å². The van der Waals surface area contributed by atoms with Crippen molar-refractivity contribution in [2.45, 2.75) is 26.8 Å². The highest BCUT2D eigenvalue weighted by atomic mass is 35.5. The minimum atomic E-state index is 0. The molecule has 0 aliphatic rings. The van der Waals surface area contributed by atoms with Gasteiger partial charge in [-0.3, -0.25) is 0 Å². The van der Waals surface area contributed by atoms with Gasteiger partial charge < -0.3 is 5.73 Å². The molecule has 0 aromatic heterocycles. The maximum absolute atomic E-state index is 6.04. The Morgan fingerprint density at radius 2 is 1.69 bits per heavy atom. The Balaban J connectivity index is 0.00000144. The fourth-order valence-corrected chi connectivity index (χ4v) is 1.32.